The summed E-state index contributed by atoms with van der Waals surface area (Å²) < 4.78 is 7.53. The maximum atomic E-state index is 12.6. The van der Waals surface area contributed by atoms with Gasteiger partial charge in [0.05, 0.1) is 11.9 Å². The lowest BCUT2D eigenvalue weighted by molar-refractivity contribution is -0.117. The largest absolute Gasteiger partial charge is 0.436 e. The van der Waals surface area contributed by atoms with Crippen LogP contribution in [0.1, 0.15) is 31.9 Å². The van der Waals surface area contributed by atoms with Gasteiger partial charge in [0.25, 0.3) is 0 Å². The van der Waals surface area contributed by atoms with Gasteiger partial charge in [-0.25, -0.2) is 4.68 Å². The Balaban J connectivity index is 1.67. The molecule has 0 aromatic carbocycles. The molecule has 1 atom stereocenters. The van der Waals surface area contributed by atoms with E-state index in [0.29, 0.717) is 35.6 Å². The van der Waals surface area contributed by atoms with E-state index < -0.39 is 0 Å². The molecule has 1 fully saturated rings. The molecule has 7 heteroatoms. The number of nitrogens with one attached hydrogen (secondary N) is 2. The first-order chi connectivity index (χ1) is 12.5. The lowest BCUT2D eigenvalue weighted by Crippen LogP contribution is -2.32. The summed E-state index contributed by atoms with van der Waals surface area (Å²) in [5, 5.41) is 10.8. The summed E-state index contributed by atoms with van der Waals surface area (Å²) in [6.45, 7) is 6.11. The second-order valence-corrected chi connectivity index (χ2v) is 7.00. The Morgan fingerprint density at radius 1 is 1.46 bits per heavy atom. The van der Waals surface area contributed by atoms with E-state index in [2.05, 4.69) is 27.6 Å². The molecule has 1 unspecified atom stereocenters. The molecule has 3 heterocycles. The number of carbonyl (C=O) groups is 1. The van der Waals surface area contributed by atoms with Crippen molar-refractivity contribution in [2.75, 3.05) is 18.4 Å². The SMILES string of the molecule is Cc1nn(C)c(Oc2cccnc2)c1NC(=O)CC(C)C1CCNCC1. The minimum Gasteiger partial charge on any atom is -0.436 e. The molecule has 0 spiro atoms. The third kappa shape index (κ3) is 4.40. The van der Waals surface area contributed by atoms with E-state index >= 15 is 0 Å². The van der Waals surface area contributed by atoms with Gasteiger partial charge in [-0.1, -0.05) is 6.92 Å². The Morgan fingerprint density at radius 2 is 2.23 bits per heavy atom. The highest BCUT2D eigenvalue weighted by Gasteiger charge is 2.24. The number of aryl methyl sites for hydroxylation is 2. The number of aromatic nitrogens is 3. The Morgan fingerprint density at radius 3 is 2.92 bits per heavy atom. The molecule has 0 radical (unpaired) electrons. The second-order valence-electron chi connectivity index (χ2n) is 7.00. The monoisotopic (exact) mass is 357 g/mol. The van der Waals surface area contributed by atoms with E-state index in [1.165, 1.54) is 0 Å². The van der Waals surface area contributed by atoms with Crippen LogP contribution in [-0.4, -0.2) is 33.8 Å². The van der Waals surface area contributed by atoms with Gasteiger partial charge in [0.15, 0.2) is 0 Å². The molecule has 2 aromatic heterocycles. The summed E-state index contributed by atoms with van der Waals surface area (Å²) in [7, 11) is 1.80. The number of nitrogens with zero attached hydrogens (tertiary/aromatic N) is 3. The highest BCUT2D eigenvalue weighted by atomic mass is 16.5. The Labute approximate surface area is 154 Å². The molecule has 0 aliphatic carbocycles. The zero-order valence-corrected chi connectivity index (χ0v) is 15.7. The van der Waals surface area contributed by atoms with Crippen molar-refractivity contribution in [3.8, 4) is 11.6 Å². The second kappa shape index (κ2) is 8.31. The maximum absolute atomic E-state index is 12.6. The minimum atomic E-state index is 0.00293. The highest BCUT2D eigenvalue weighted by molar-refractivity contribution is 5.92. The van der Waals surface area contributed by atoms with E-state index in [9.17, 15) is 4.79 Å². The van der Waals surface area contributed by atoms with E-state index in [1.807, 2.05) is 13.0 Å². The van der Waals surface area contributed by atoms with Crippen molar-refractivity contribution in [1.29, 1.82) is 0 Å². The molecule has 140 valence electrons. The van der Waals surface area contributed by atoms with Crippen LogP contribution in [0, 0.1) is 18.8 Å². The number of carbonyl (C=O) groups excluding carboxylic acids is 1. The normalized spacial score (nSPS) is 16.3. The van der Waals surface area contributed by atoms with Crippen molar-refractivity contribution in [1.82, 2.24) is 20.1 Å². The molecule has 26 heavy (non-hydrogen) atoms. The van der Waals surface area contributed by atoms with Crippen molar-refractivity contribution < 1.29 is 9.53 Å². The minimum absolute atomic E-state index is 0.00293. The van der Waals surface area contributed by atoms with Gasteiger partial charge in [-0.3, -0.25) is 9.78 Å². The summed E-state index contributed by atoms with van der Waals surface area (Å²) in [4.78, 5) is 16.7. The Hall–Kier alpha value is -2.41. The zero-order valence-electron chi connectivity index (χ0n) is 15.7. The van der Waals surface area contributed by atoms with E-state index in [1.54, 1.807) is 30.2 Å². The first-order valence-corrected chi connectivity index (χ1v) is 9.16. The smallest absolute Gasteiger partial charge is 0.241 e. The third-order valence-electron chi connectivity index (χ3n) is 4.98. The molecular weight excluding hydrogens is 330 g/mol. The fraction of sp³-hybridized carbons (Fsp3) is 0.526. The molecule has 1 aliphatic heterocycles. The summed E-state index contributed by atoms with van der Waals surface area (Å²) in [5.74, 6) is 2.08. The quantitative estimate of drug-likeness (QED) is 0.831. The number of rotatable bonds is 6. The fourth-order valence-electron chi connectivity index (χ4n) is 3.48. The fourth-order valence-corrected chi connectivity index (χ4v) is 3.48. The number of hydrogen-bond donors (Lipinski definition) is 2. The van der Waals surface area contributed by atoms with Gasteiger partial charge in [0.1, 0.15) is 11.4 Å². The molecule has 1 amide bonds. The topological polar surface area (TPSA) is 81.1 Å². The summed E-state index contributed by atoms with van der Waals surface area (Å²) in [5.41, 5.74) is 1.35. The number of anilines is 1. The zero-order chi connectivity index (χ0) is 18.5. The summed E-state index contributed by atoms with van der Waals surface area (Å²) in [6, 6.07) is 3.62. The van der Waals surface area contributed by atoms with Gasteiger partial charge in [-0.15, -0.1) is 0 Å². The molecular formula is C19H27N5O2. The van der Waals surface area contributed by atoms with Crippen molar-refractivity contribution in [2.45, 2.75) is 33.1 Å². The van der Waals surface area contributed by atoms with Crippen LogP contribution < -0.4 is 15.4 Å². The van der Waals surface area contributed by atoms with Crippen molar-refractivity contribution in [3.05, 3.63) is 30.2 Å². The first-order valence-electron chi connectivity index (χ1n) is 9.16. The number of piperidine rings is 1. The van der Waals surface area contributed by atoms with Gasteiger partial charge in [0, 0.05) is 19.7 Å². The van der Waals surface area contributed by atoms with Crippen LogP contribution in [0.15, 0.2) is 24.5 Å². The predicted molar refractivity (Wildman–Crippen MR) is 100 cm³/mol. The van der Waals surface area contributed by atoms with Crippen LogP contribution in [0.4, 0.5) is 5.69 Å². The summed E-state index contributed by atoms with van der Waals surface area (Å²) in [6.07, 6.45) is 6.09. The molecule has 2 N–H and O–H groups in total. The Kier molecular flexibility index (Phi) is 5.88. The average Bonchev–Trinajstić information content (AvgIpc) is 2.90. The van der Waals surface area contributed by atoms with E-state index in [-0.39, 0.29) is 5.91 Å². The highest BCUT2D eigenvalue weighted by Crippen LogP contribution is 2.32. The van der Waals surface area contributed by atoms with Crippen molar-refractivity contribution in [2.24, 2.45) is 18.9 Å². The molecule has 1 aliphatic rings. The molecule has 0 saturated carbocycles. The molecule has 1 saturated heterocycles. The number of ether oxygens (including phenoxy) is 1. The van der Waals surface area contributed by atoms with Gasteiger partial charge < -0.3 is 15.4 Å². The number of pyridine rings is 1. The lowest BCUT2D eigenvalue weighted by atomic mass is 9.84. The van der Waals surface area contributed by atoms with Gasteiger partial charge in [-0.2, -0.15) is 5.10 Å². The standard InChI is InChI=1S/C19H27N5O2/c1-13(15-6-9-20-10-7-15)11-17(25)22-18-14(2)23-24(3)19(18)26-16-5-4-8-21-12-16/h4-5,8,12-13,15,20H,6-7,9-11H2,1-3H3,(H,22,25). The van der Waals surface area contributed by atoms with Crippen LogP contribution >= 0.6 is 0 Å². The molecule has 0 bridgehead atoms. The predicted octanol–water partition coefficient (Wildman–Crippen LogP) is 2.88. The first kappa shape index (κ1) is 18.4. The van der Waals surface area contributed by atoms with Crippen LogP contribution in [0.5, 0.6) is 11.6 Å². The van der Waals surface area contributed by atoms with Gasteiger partial charge >= 0.3 is 0 Å². The van der Waals surface area contributed by atoms with Crippen LogP contribution in [0.3, 0.4) is 0 Å². The number of amides is 1. The van der Waals surface area contributed by atoms with Crippen molar-refractivity contribution >= 4 is 11.6 Å². The van der Waals surface area contributed by atoms with E-state index in [4.69, 9.17) is 4.74 Å². The summed E-state index contributed by atoms with van der Waals surface area (Å²) >= 11 is 0. The third-order valence-corrected chi connectivity index (χ3v) is 4.98. The van der Waals surface area contributed by atoms with Gasteiger partial charge in [-0.05, 0) is 56.8 Å². The average molecular weight is 357 g/mol. The van der Waals surface area contributed by atoms with Gasteiger partial charge in [0.2, 0.25) is 11.8 Å². The maximum Gasteiger partial charge on any atom is 0.241 e. The molecule has 7 nitrogen and oxygen atoms in total. The Bertz CT molecular complexity index is 738. The number of hydrogen-bond acceptors (Lipinski definition) is 5. The van der Waals surface area contributed by atoms with Crippen LogP contribution in [0.25, 0.3) is 0 Å². The molecule has 2 aromatic rings. The van der Waals surface area contributed by atoms with Crippen LogP contribution in [-0.2, 0) is 11.8 Å². The van der Waals surface area contributed by atoms with E-state index in [0.717, 1.165) is 31.6 Å². The van der Waals surface area contributed by atoms with Crippen LogP contribution in [0.2, 0.25) is 0 Å². The molecule has 3 rings (SSSR count). The lowest BCUT2D eigenvalue weighted by Gasteiger charge is -2.27. The van der Waals surface area contributed by atoms with Crippen molar-refractivity contribution in [3.63, 3.8) is 0 Å².